The largest absolute Gasteiger partial charge is 0.450 e. The lowest BCUT2D eigenvalue weighted by atomic mass is 10.1. The summed E-state index contributed by atoms with van der Waals surface area (Å²) in [5.74, 6) is 1.08. The number of ether oxygens (including phenoxy) is 1. The fraction of sp³-hybridized carbons (Fsp3) is 0.647. The van der Waals surface area contributed by atoms with Crippen molar-refractivity contribution >= 4 is 17.8 Å². The zero-order chi connectivity index (χ0) is 17.8. The van der Waals surface area contributed by atoms with Gasteiger partial charge in [0.2, 0.25) is 0 Å². The number of aromatic nitrogens is 2. The molecule has 0 aromatic carbocycles. The van der Waals surface area contributed by atoms with Crippen molar-refractivity contribution in [2.45, 2.75) is 51.6 Å². The molecule has 2 amide bonds. The molecule has 1 aromatic rings. The highest BCUT2D eigenvalue weighted by molar-refractivity contribution is 5.93. The van der Waals surface area contributed by atoms with Gasteiger partial charge in [0, 0.05) is 31.2 Å². The highest BCUT2D eigenvalue weighted by Crippen LogP contribution is 2.20. The molecule has 2 heterocycles. The standard InChI is InChI=1S/C17H25N5O3/c1-3-25-17(24)22-8-6-13(7-9-22)20-15-10-14(18-11(2)19-15)16(23)21-12-4-5-12/h10,12-13H,3-9H2,1-2H3,(H,21,23)(H,18,19,20). The number of aryl methyl sites for hydroxylation is 1. The maximum absolute atomic E-state index is 12.2. The summed E-state index contributed by atoms with van der Waals surface area (Å²) < 4.78 is 5.03. The first kappa shape index (κ1) is 17.4. The highest BCUT2D eigenvalue weighted by Gasteiger charge is 2.26. The first-order valence-corrected chi connectivity index (χ1v) is 8.90. The summed E-state index contributed by atoms with van der Waals surface area (Å²) in [7, 11) is 0. The van der Waals surface area contributed by atoms with Crippen molar-refractivity contribution in [3.05, 3.63) is 17.6 Å². The van der Waals surface area contributed by atoms with Crippen LogP contribution in [0, 0.1) is 6.92 Å². The Labute approximate surface area is 147 Å². The first-order chi connectivity index (χ1) is 12.0. The van der Waals surface area contributed by atoms with Gasteiger partial charge in [-0.3, -0.25) is 4.79 Å². The monoisotopic (exact) mass is 347 g/mol. The van der Waals surface area contributed by atoms with Gasteiger partial charge < -0.3 is 20.3 Å². The summed E-state index contributed by atoms with van der Waals surface area (Å²) >= 11 is 0. The summed E-state index contributed by atoms with van der Waals surface area (Å²) in [4.78, 5) is 34.3. The van der Waals surface area contributed by atoms with Crippen LogP contribution in [0.25, 0.3) is 0 Å². The third-order valence-electron chi connectivity index (χ3n) is 4.36. The number of nitrogens with zero attached hydrogens (tertiary/aromatic N) is 3. The Kier molecular flexibility index (Phi) is 5.35. The summed E-state index contributed by atoms with van der Waals surface area (Å²) in [6.07, 6.45) is 3.45. The number of hydrogen-bond acceptors (Lipinski definition) is 6. The molecule has 2 fully saturated rings. The van der Waals surface area contributed by atoms with Crippen LogP contribution in [0.2, 0.25) is 0 Å². The van der Waals surface area contributed by atoms with Gasteiger partial charge in [0.1, 0.15) is 17.3 Å². The molecular formula is C17H25N5O3. The van der Waals surface area contributed by atoms with Crippen molar-refractivity contribution < 1.29 is 14.3 Å². The molecule has 1 saturated carbocycles. The molecule has 3 rings (SSSR count). The Balaban J connectivity index is 1.57. The number of nitrogens with one attached hydrogen (secondary N) is 2. The predicted octanol–water partition coefficient (Wildman–Crippen LogP) is 1.71. The average molecular weight is 347 g/mol. The molecule has 2 N–H and O–H groups in total. The molecule has 8 heteroatoms. The van der Waals surface area contributed by atoms with Crippen molar-refractivity contribution in [3.63, 3.8) is 0 Å². The van der Waals surface area contributed by atoms with E-state index in [1.54, 1.807) is 24.8 Å². The number of hydrogen-bond donors (Lipinski definition) is 2. The van der Waals surface area contributed by atoms with E-state index in [0.717, 1.165) is 25.7 Å². The summed E-state index contributed by atoms with van der Waals surface area (Å²) in [5.41, 5.74) is 0.394. The maximum Gasteiger partial charge on any atom is 0.409 e. The van der Waals surface area contributed by atoms with Crippen molar-refractivity contribution in [2.24, 2.45) is 0 Å². The molecule has 1 saturated heterocycles. The Hall–Kier alpha value is -2.38. The van der Waals surface area contributed by atoms with Gasteiger partial charge in [-0.15, -0.1) is 0 Å². The van der Waals surface area contributed by atoms with Gasteiger partial charge in [-0.2, -0.15) is 0 Å². The van der Waals surface area contributed by atoms with Crippen LogP contribution in [0.15, 0.2) is 6.07 Å². The lowest BCUT2D eigenvalue weighted by Gasteiger charge is -2.31. The number of amides is 2. The number of carbonyl (C=O) groups is 2. The molecule has 0 radical (unpaired) electrons. The smallest absolute Gasteiger partial charge is 0.409 e. The molecule has 8 nitrogen and oxygen atoms in total. The van der Waals surface area contributed by atoms with Crippen LogP contribution >= 0.6 is 0 Å². The van der Waals surface area contributed by atoms with Gasteiger partial charge in [0.25, 0.3) is 5.91 Å². The molecule has 2 aliphatic rings. The maximum atomic E-state index is 12.2. The molecule has 0 bridgehead atoms. The number of anilines is 1. The van der Waals surface area contributed by atoms with Crippen LogP contribution in [0.3, 0.4) is 0 Å². The lowest BCUT2D eigenvalue weighted by Crippen LogP contribution is -2.42. The zero-order valence-corrected chi connectivity index (χ0v) is 14.7. The Bertz CT molecular complexity index is 639. The van der Waals surface area contributed by atoms with Gasteiger partial charge in [-0.25, -0.2) is 14.8 Å². The number of carbonyl (C=O) groups excluding carboxylic acids is 2. The number of piperidine rings is 1. The van der Waals surface area contributed by atoms with Crippen molar-refractivity contribution in [1.82, 2.24) is 20.2 Å². The normalized spacial score (nSPS) is 17.9. The number of rotatable bonds is 5. The fourth-order valence-corrected chi connectivity index (χ4v) is 2.88. The Morgan fingerprint density at radius 2 is 1.92 bits per heavy atom. The van der Waals surface area contributed by atoms with Crippen LogP contribution < -0.4 is 10.6 Å². The molecule has 1 aliphatic heterocycles. The molecule has 0 spiro atoms. The van der Waals surface area contributed by atoms with Gasteiger partial charge in [-0.1, -0.05) is 0 Å². The van der Waals surface area contributed by atoms with Crippen LogP contribution in [0.1, 0.15) is 48.9 Å². The minimum Gasteiger partial charge on any atom is -0.450 e. The van der Waals surface area contributed by atoms with E-state index in [4.69, 9.17) is 4.74 Å². The minimum absolute atomic E-state index is 0.145. The lowest BCUT2D eigenvalue weighted by molar-refractivity contribution is 0.0943. The highest BCUT2D eigenvalue weighted by atomic mass is 16.6. The predicted molar refractivity (Wildman–Crippen MR) is 92.5 cm³/mol. The number of likely N-dealkylation sites (tertiary alicyclic amines) is 1. The van der Waals surface area contributed by atoms with E-state index in [2.05, 4.69) is 20.6 Å². The second-order valence-electron chi connectivity index (χ2n) is 6.54. The third kappa shape index (κ3) is 4.80. The van der Waals surface area contributed by atoms with E-state index in [1.807, 2.05) is 0 Å². The summed E-state index contributed by atoms with van der Waals surface area (Å²) in [6, 6.07) is 2.20. The van der Waals surface area contributed by atoms with E-state index in [9.17, 15) is 9.59 Å². The van der Waals surface area contributed by atoms with Gasteiger partial charge >= 0.3 is 6.09 Å². The molecule has 25 heavy (non-hydrogen) atoms. The average Bonchev–Trinajstić information content (AvgIpc) is 3.39. The quantitative estimate of drug-likeness (QED) is 0.842. The van der Waals surface area contributed by atoms with Crippen molar-refractivity contribution in [1.29, 1.82) is 0 Å². The summed E-state index contributed by atoms with van der Waals surface area (Å²) in [5, 5.41) is 6.31. The molecule has 136 valence electrons. The molecule has 0 unspecified atom stereocenters. The molecular weight excluding hydrogens is 322 g/mol. The van der Waals surface area contributed by atoms with Gasteiger partial charge in [0.15, 0.2) is 0 Å². The van der Waals surface area contributed by atoms with E-state index in [-0.39, 0.29) is 18.0 Å². The first-order valence-electron chi connectivity index (χ1n) is 8.90. The molecule has 0 atom stereocenters. The van der Waals surface area contributed by atoms with E-state index >= 15 is 0 Å². The van der Waals surface area contributed by atoms with Gasteiger partial charge in [0.05, 0.1) is 6.61 Å². The van der Waals surface area contributed by atoms with E-state index in [1.165, 1.54) is 0 Å². The molecule has 1 aliphatic carbocycles. The van der Waals surface area contributed by atoms with Crippen LogP contribution in [0.5, 0.6) is 0 Å². The Morgan fingerprint density at radius 3 is 2.56 bits per heavy atom. The minimum atomic E-state index is -0.252. The fourth-order valence-electron chi connectivity index (χ4n) is 2.88. The Morgan fingerprint density at radius 1 is 1.20 bits per heavy atom. The SMILES string of the molecule is CCOC(=O)N1CCC(Nc2cc(C(=O)NC3CC3)nc(C)n2)CC1. The van der Waals surface area contributed by atoms with Gasteiger partial charge in [-0.05, 0) is 39.5 Å². The summed E-state index contributed by atoms with van der Waals surface area (Å²) in [6.45, 7) is 5.27. The molecule has 1 aromatic heterocycles. The van der Waals surface area contributed by atoms with Crippen LogP contribution in [-0.4, -0.2) is 58.6 Å². The van der Waals surface area contributed by atoms with E-state index < -0.39 is 0 Å². The van der Waals surface area contributed by atoms with E-state index in [0.29, 0.717) is 43.1 Å². The zero-order valence-electron chi connectivity index (χ0n) is 14.7. The second kappa shape index (κ2) is 7.67. The van der Waals surface area contributed by atoms with Crippen LogP contribution in [0.4, 0.5) is 10.6 Å². The topological polar surface area (TPSA) is 96.5 Å². The van der Waals surface area contributed by atoms with Crippen molar-refractivity contribution in [3.8, 4) is 0 Å². The van der Waals surface area contributed by atoms with Crippen molar-refractivity contribution in [2.75, 3.05) is 25.0 Å². The third-order valence-corrected chi connectivity index (χ3v) is 4.36. The second-order valence-corrected chi connectivity index (χ2v) is 6.54. The van der Waals surface area contributed by atoms with Crippen LogP contribution in [-0.2, 0) is 4.74 Å².